The molecule has 6 nitrogen and oxygen atoms in total. The van der Waals surface area contributed by atoms with Crippen molar-refractivity contribution in [2.75, 3.05) is 44.8 Å². The first kappa shape index (κ1) is 18.9. The number of anilines is 1. The molecular weight excluding hydrogens is 344 g/mol. The summed E-state index contributed by atoms with van der Waals surface area (Å²) < 4.78 is 10.8. The number of benzene rings is 2. The molecule has 27 heavy (non-hydrogen) atoms. The van der Waals surface area contributed by atoms with Crippen molar-refractivity contribution in [3.05, 3.63) is 48.5 Å². The Kier molecular flexibility index (Phi) is 6.41. The highest BCUT2D eigenvalue weighted by Crippen LogP contribution is 2.27. The molecule has 0 radical (unpaired) electrons. The molecule has 0 unspecified atom stereocenters. The number of phenols is 1. The van der Waals surface area contributed by atoms with Crippen LogP contribution in [-0.2, 0) is 4.79 Å². The molecule has 0 bridgehead atoms. The van der Waals surface area contributed by atoms with E-state index in [1.165, 1.54) is 0 Å². The maximum Gasteiger partial charge on any atom is 0.222 e. The number of carbonyl (C=O) groups is 1. The van der Waals surface area contributed by atoms with Gasteiger partial charge in [0.15, 0.2) is 0 Å². The summed E-state index contributed by atoms with van der Waals surface area (Å²) >= 11 is 0. The lowest BCUT2D eigenvalue weighted by Crippen LogP contribution is -2.48. The molecule has 1 amide bonds. The minimum atomic E-state index is 0.158. The van der Waals surface area contributed by atoms with Crippen LogP contribution in [-0.4, -0.2) is 55.8 Å². The lowest BCUT2D eigenvalue weighted by molar-refractivity contribution is -0.131. The van der Waals surface area contributed by atoms with Crippen LogP contribution in [0.2, 0.25) is 0 Å². The summed E-state index contributed by atoms with van der Waals surface area (Å²) in [5.41, 5.74) is 0.831. The molecule has 3 rings (SSSR count). The molecule has 1 fully saturated rings. The van der Waals surface area contributed by atoms with Gasteiger partial charge in [0, 0.05) is 32.6 Å². The van der Waals surface area contributed by atoms with E-state index in [4.69, 9.17) is 9.47 Å². The molecule has 2 aromatic rings. The Morgan fingerprint density at radius 2 is 1.67 bits per heavy atom. The van der Waals surface area contributed by atoms with E-state index in [1.807, 2.05) is 47.4 Å². The molecule has 0 saturated carbocycles. The molecule has 6 heteroatoms. The Morgan fingerprint density at radius 1 is 1.00 bits per heavy atom. The fourth-order valence-corrected chi connectivity index (χ4v) is 3.17. The number of para-hydroxylation sites is 2. The van der Waals surface area contributed by atoms with Gasteiger partial charge in [-0.15, -0.1) is 0 Å². The number of piperazine rings is 1. The van der Waals surface area contributed by atoms with Crippen LogP contribution in [0, 0.1) is 0 Å². The van der Waals surface area contributed by atoms with Crippen LogP contribution in [0.5, 0.6) is 17.2 Å². The average Bonchev–Trinajstić information content (AvgIpc) is 2.72. The fourth-order valence-electron chi connectivity index (χ4n) is 3.17. The second kappa shape index (κ2) is 9.16. The largest absolute Gasteiger partial charge is 0.506 e. The number of aromatic hydroxyl groups is 1. The van der Waals surface area contributed by atoms with Crippen molar-refractivity contribution in [2.45, 2.75) is 12.8 Å². The smallest absolute Gasteiger partial charge is 0.222 e. The normalized spacial score (nSPS) is 14.1. The Bertz CT molecular complexity index is 740. The standard InChI is InChI=1S/C21H26N2O4/c1-26-17-8-10-18(11-9-17)27-16-4-7-21(25)23-14-12-22(13-15-23)19-5-2-3-6-20(19)24/h2-3,5-6,8-11,24H,4,7,12-16H2,1H3. The maximum atomic E-state index is 12.4. The van der Waals surface area contributed by atoms with Crippen molar-refractivity contribution >= 4 is 11.6 Å². The second-order valence-corrected chi connectivity index (χ2v) is 6.48. The van der Waals surface area contributed by atoms with Crippen LogP contribution in [0.15, 0.2) is 48.5 Å². The number of hydrogen-bond acceptors (Lipinski definition) is 5. The molecule has 1 aliphatic heterocycles. The maximum absolute atomic E-state index is 12.4. The van der Waals surface area contributed by atoms with Crippen molar-refractivity contribution in [1.82, 2.24) is 4.90 Å². The highest BCUT2D eigenvalue weighted by molar-refractivity contribution is 5.76. The fraction of sp³-hybridized carbons (Fsp3) is 0.381. The Morgan fingerprint density at radius 3 is 2.33 bits per heavy atom. The van der Waals surface area contributed by atoms with Gasteiger partial charge in [-0.3, -0.25) is 4.79 Å². The highest BCUT2D eigenvalue weighted by atomic mass is 16.5. The summed E-state index contributed by atoms with van der Waals surface area (Å²) in [4.78, 5) is 16.4. The first-order valence-corrected chi connectivity index (χ1v) is 9.25. The number of amides is 1. The van der Waals surface area contributed by atoms with E-state index in [0.29, 0.717) is 32.5 Å². The van der Waals surface area contributed by atoms with Gasteiger partial charge in [0.05, 0.1) is 19.4 Å². The number of ether oxygens (including phenoxy) is 2. The van der Waals surface area contributed by atoms with Gasteiger partial charge in [0.2, 0.25) is 5.91 Å². The molecule has 2 aromatic carbocycles. The number of carbonyl (C=O) groups excluding carboxylic acids is 1. The molecule has 144 valence electrons. The van der Waals surface area contributed by atoms with Crippen LogP contribution in [0.1, 0.15) is 12.8 Å². The SMILES string of the molecule is COc1ccc(OCCCC(=O)N2CCN(c3ccccc3O)CC2)cc1. The molecule has 0 spiro atoms. The molecule has 1 aliphatic rings. The predicted octanol–water partition coefficient (Wildman–Crippen LogP) is 2.91. The van der Waals surface area contributed by atoms with E-state index < -0.39 is 0 Å². The molecule has 0 aliphatic carbocycles. The summed E-state index contributed by atoms with van der Waals surface area (Å²) in [5, 5.41) is 9.96. The van der Waals surface area contributed by atoms with E-state index >= 15 is 0 Å². The summed E-state index contributed by atoms with van der Waals surface area (Å²) in [6.45, 7) is 3.31. The molecule has 0 aromatic heterocycles. The zero-order valence-electron chi connectivity index (χ0n) is 15.6. The lowest BCUT2D eigenvalue weighted by Gasteiger charge is -2.36. The minimum absolute atomic E-state index is 0.158. The van der Waals surface area contributed by atoms with Crippen LogP contribution in [0.3, 0.4) is 0 Å². The quantitative estimate of drug-likeness (QED) is 0.760. The van der Waals surface area contributed by atoms with Crippen LogP contribution < -0.4 is 14.4 Å². The van der Waals surface area contributed by atoms with Gasteiger partial charge in [0.25, 0.3) is 0 Å². The van der Waals surface area contributed by atoms with Crippen molar-refractivity contribution < 1.29 is 19.4 Å². The van der Waals surface area contributed by atoms with Gasteiger partial charge in [-0.25, -0.2) is 0 Å². The van der Waals surface area contributed by atoms with Gasteiger partial charge in [0.1, 0.15) is 17.2 Å². The van der Waals surface area contributed by atoms with E-state index in [1.54, 1.807) is 13.2 Å². The average molecular weight is 370 g/mol. The van der Waals surface area contributed by atoms with Crippen molar-refractivity contribution in [1.29, 1.82) is 0 Å². The van der Waals surface area contributed by atoms with Gasteiger partial charge in [-0.1, -0.05) is 12.1 Å². The first-order valence-electron chi connectivity index (χ1n) is 9.25. The lowest BCUT2D eigenvalue weighted by atomic mass is 10.2. The summed E-state index contributed by atoms with van der Waals surface area (Å²) in [7, 11) is 1.63. The third-order valence-electron chi connectivity index (χ3n) is 4.72. The molecule has 0 atom stereocenters. The number of phenolic OH excluding ortho intramolecular Hbond substituents is 1. The summed E-state index contributed by atoms with van der Waals surface area (Å²) in [6.07, 6.45) is 1.16. The van der Waals surface area contributed by atoms with Gasteiger partial charge in [-0.05, 0) is 42.8 Å². The number of rotatable bonds is 7. The summed E-state index contributed by atoms with van der Waals surface area (Å²) in [6, 6.07) is 14.7. The second-order valence-electron chi connectivity index (χ2n) is 6.48. The first-order chi connectivity index (χ1) is 13.2. The van der Waals surface area contributed by atoms with E-state index in [0.717, 1.165) is 30.3 Å². The molecule has 1 heterocycles. The zero-order valence-corrected chi connectivity index (χ0v) is 15.6. The number of methoxy groups -OCH3 is 1. The van der Waals surface area contributed by atoms with Gasteiger partial charge < -0.3 is 24.4 Å². The van der Waals surface area contributed by atoms with Crippen LogP contribution >= 0.6 is 0 Å². The van der Waals surface area contributed by atoms with E-state index in [2.05, 4.69) is 4.90 Å². The molecule has 1 N–H and O–H groups in total. The van der Waals surface area contributed by atoms with Crippen molar-refractivity contribution in [3.63, 3.8) is 0 Å². The minimum Gasteiger partial charge on any atom is -0.506 e. The van der Waals surface area contributed by atoms with E-state index in [9.17, 15) is 9.90 Å². The van der Waals surface area contributed by atoms with Gasteiger partial charge in [-0.2, -0.15) is 0 Å². The number of hydrogen-bond donors (Lipinski definition) is 1. The third-order valence-corrected chi connectivity index (χ3v) is 4.72. The Hall–Kier alpha value is -2.89. The molecular formula is C21H26N2O4. The third kappa shape index (κ3) is 5.06. The van der Waals surface area contributed by atoms with E-state index in [-0.39, 0.29) is 11.7 Å². The Balaban J connectivity index is 1.37. The Labute approximate surface area is 159 Å². The topological polar surface area (TPSA) is 62.2 Å². The van der Waals surface area contributed by atoms with Crippen molar-refractivity contribution in [3.8, 4) is 17.2 Å². The monoisotopic (exact) mass is 370 g/mol. The predicted molar refractivity (Wildman–Crippen MR) is 105 cm³/mol. The molecule has 1 saturated heterocycles. The number of nitrogens with zero attached hydrogens (tertiary/aromatic N) is 2. The van der Waals surface area contributed by atoms with Crippen LogP contribution in [0.4, 0.5) is 5.69 Å². The van der Waals surface area contributed by atoms with Crippen molar-refractivity contribution in [2.24, 2.45) is 0 Å². The highest BCUT2D eigenvalue weighted by Gasteiger charge is 2.22. The van der Waals surface area contributed by atoms with Gasteiger partial charge >= 0.3 is 0 Å². The summed E-state index contributed by atoms with van der Waals surface area (Å²) in [5.74, 6) is 2.01. The van der Waals surface area contributed by atoms with Crippen LogP contribution in [0.25, 0.3) is 0 Å². The zero-order chi connectivity index (χ0) is 19.1.